The Morgan fingerprint density at radius 1 is 1.24 bits per heavy atom. The lowest BCUT2D eigenvalue weighted by atomic mass is 10.1. The van der Waals surface area contributed by atoms with Crippen molar-refractivity contribution < 1.29 is 14.3 Å². The van der Waals surface area contributed by atoms with E-state index in [0.29, 0.717) is 12.2 Å². The summed E-state index contributed by atoms with van der Waals surface area (Å²) in [6.45, 7) is 4.65. The van der Waals surface area contributed by atoms with Crippen LogP contribution in [0.25, 0.3) is 0 Å². The molecule has 17 heavy (non-hydrogen) atoms. The van der Waals surface area contributed by atoms with Gasteiger partial charge in [0, 0.05) is 19.3 Å². The highest BCUT2D eigenvalue weighted by molar-refractivity contribution is 5.96. The Morgan fingerprint density at radius 3 is 2.47 bits per heavy atom. The fraction of sp³-hybridized carbons (Fsp3) is 0.500. The molecule has 0 radical (unpaired) electrons. The summed E-state index contributed by atoms with van der Waals surface area (Å²) in [6.07, 6.45) is 0.769. The minimum Gasteiger partial charge on any atom is -0.379 e. The third-order valence-electron chi connectivity index (χ3n) is 2.73. The second-order valence-corrected chi connectivity index (χ2v) is 4.56. The summed E-state index contributed by atoms with van der Waals surface area (Å²) in [5.41, 5.74) is 0.494. The van der Waals surface area contributed by atoms with Gasteiger partial charge in [0.15, 0.2) is 5.78 Å². The van der Waals surface area contributed by atoms with Gasteiger partial charge in [-0.05, 0) is 20.3 Å². The van der Waals surface area contributed by atoms with Crippen LogP contribution in [-0.2, 0) is 9.47 Å². The summed E-state index contributed by atoms with van der Waals surface area (Å²) in [6, 6.07) is 9.18. The summed E-state index contributed by atoms with van der Waals surface area (Å²) >= 11 is 0. The normalized spacial score (nSPS) is 11.5. The number of methoxy groups -OCH3 is 1. The summed E-state index contributed by atoms with van der Waals surface area (Å²) in [7, 11) is 1.68. The summed E-state index contributed by atoms with van der Waals surface area (Å²) < 4.78 is 10.6. The van der Waals surface area contributed by atoms with Crippen molar-refractivity contribution in [1.29, 1.82) is 0 Å². The number of Topliss-reactive ketones (excluding diaryl/α,β-unsaturated/α-hetero) is 1. The molecule has 0 aliphatic heterocycles. The maximum atomic E-state index is 11.7. The van der Waals surface area contributed by atoms with Gasteiger partial charge in [-0.25, -0.2) is 0 Å². The lowest BCUT2D eigenvalue weighted by Crippen LogP contribution is -2.25. The van der Waals surface area contributed by atoms with Crippen molar-refractivity contribution in [3.63, 3.8) is 0 Å². The van der Waals surface area contributed by atoms with Crippen molar-refractivity contribution >= 4 is 5.78 Å². The number of carbonyl (C=O) groups excluding carboxylic acids is 1. The zero-order chi connectivity index (χ0) is 12.7. The lowest BCUT2D eigenvalue weighted by molar-refractivity contribution is -0.00836. The Hall–Kier alpha value is -1.19. The summed E-state index contributed by atoms with van der Waals surface area (Å²) in [5.74, 6) is 0.0147. The first-order chi connectivity index (χ1) is 8.05. The second-order valence-electron chi connectivity index (χ2n) is 4.56. The molecule has 0 fully saturated rings. The number of benzene rings is 1. The number of hydrogen-bond donors (Lipinski definition) is 0. The molecule has 0 aliphatic rings. The third kappa shape index (κ3) is 5.11. The van der Waals surface area contributed by atoms with Gasteiger partial charge in [0.05, 0.1) is 5.60 Å². The lowest BCUT2D eigenvalue weighted by Gasteiger charge is -2.22. The molecule has 1 aromatic rings. The third-order valence-corrected chi connectivity index (χ3v) is 2.73. The summed E-state index contributed by atoms with van der Waals surface area (Å²) in [4.78, 5) is 11.7. The van der Waals surface area contributed by atoms with Crippen LogP contribution in [0.15, 0.2) is 30.3 Å². The first-order valence-electron chi connectivity index (χ1n) is 5.76. The molecule has 3 nitrogen and oxygen atoms in total. The molecule has 0 saturated heterocycles. The number of ketones is 1. The number of rotatable bonds is 7. The SMILES string of the molecule is COC(C)(C)CCOCC(=O)c1ccccc1. The van der Waals surface area contributed by atoms with Crippen LogP contribution < -0.4 is 0 Å². The van der Waals surface area contributed by atoms with E-state index in [0.717, 1.165) is 6.42 Å². The largest absolute Gasteiger partial charge is 0.379 e. The van der Waals surface area contributed by atoms with Crippen LogP contribution in [0.5, 0.6) is 0 Å². The van der Waals surface area contributed by atoms with Crippen molar-refractivity contribution in [1.82, 2.24) is 0 Å². The van der Waals surface area contributed by atoms with Crippen molar-refractivity contribution in [2.45, 2.75) is 25.9 Å². The van der Waals surface area contributed by atoms with Gasteiger partial charge >= 0.3 is 0 Å². The smallest absolute Gasteiger partial charge is 0.188 e. The molecule has 94 valence electrons. The Balaban J connectivity index is 2.26. The molecule has 0 spiro atoms. The quantitative estimate of drug-likeness (QED) is 0.539. The van der Waals surface area contributed by atoms with E-state index >= 15 is 0 Å². The Morgan fingerprint density at radius 2 is 1.88 bits per heavy atom. The van der Waals surface area contributed by atoms with Crippen LogP contribution >= 0.6 is 0 Å². The number of carbonyl (C=O) groups is 1. The maximum absolute atomic E-state index is 11.7. The monoisotopic (exact) mass is 236 g/mol. The zero-order valence-electron chi connectivity index (χ0n) is 10.7. The predicted molar refractivity (Wildman–Crippen MR) is 67.3 cm³/mol. The van der Waals surface area contributed by atoms with Gasteiger partial charge in [0.1, 0.15) is 6.61 Å². The van der Waals surface area contributed by atoms with Gasteiger partial charge in [0.25, 0.3) is 0 Å². The first-order valence-corrected chi connectivity index (χ1v) is 5.76. The van der Waals surface area contributed by atoms with Gasteiger partial charge in [-0.1, -0.05) is 30.3 Å². The van der Waals surface area contributed by atoms with Gasteiger partial charge in [-0.3, -0.25) is 4.79 Å². The van der Waals surface area contributed by atoms with Crippen LogP contribution in [0.1, 0.15) is 30.6 Å². The molecular formula is C14H20O3. The molecule has 0 bridgehead atoms. The average Bonchev–Trinajstić information content (AvgIpc) is 2.35. The molecule has 0 aromatic heterocycles. The standard InChI is InChI=1S/C14H20O3/c1-14(2,16-3)9-10-17-11-13(15)12-7-5-4-6-8-12/h4-8H,9-11H2,1-3H3. The fourth-order valence-electron chi connectivity index (χ4n) is 1.29. The summed E-state index contributed by atoms with van der Waals surface area (Å²) in [5, 5.41) is 0. The Labute approximate surface area is 103 Å². The molecule has 1 aromatic carbocycles. The minimum absolute atomic E-state index is 0.0147. The highest BCUT2D eigenvalue weighted by Gasteiger charge is 2.16. The van der Waals surface area contributed by atoms with E-state index < -0.39 is 0 Å². The van der Waals surface area contributed by atoms with Gasteiger partial charge in [0.2, 0.25) is 0 Å². The molecule has 0 N–H and O–H groups in total. The second kappa shape index (κ2) is 6.52. The molecule has 0 saturated carbocycles. The topological polar surface area (TPSA) is 35.5 Å². The molecule has 0 aliphatic carbocycles. The van der Waals surface area contributed by atoms with Gasteiger partial charge in [-0.2, -0.15) is 0 Å². The first kappa shape index (κ1) is 13.9. The zero-order valence-corrected chi connectivity index (χ0v) is 10.7. The van der Waals surface area contributed by atoms with Crippen molar-refractivity contribution in [3.8, 4) is 0 Å². The van der Waals surface area contributed by atoms with E-state index in [4.69, 9.17) is 9.47 Å². The highest BCUT2D eigenvalue weighted by Crippen LogP contribution is 2.12. The minimum atomic E-state index is -0.199. The van der Waals surface area contributed by atoms with E-state index in [1.807, 2.05) is 32.0 Å². The molecule has 1 rings (SSSR count). The van der Waals surface area contributed by atoms with E-state index in [-0.39, 0.29) is 18.0 Å². The molecule has 0 amide bonds. The molecule has 0 atom stereocenters. The van der Waals surface area contributed by atoms with Crippen molar-refractivity contribution in [2.75, 3.05) is 20.3 Å². The van der Waals surface area contributed by atoms with Crippen LogP contribution in [0.4, 0.5) is 0 Å². The van der Waals surface area contributed by atoms with Gasteiger partial charge in [-0.15, -0.1) is 0 Å². The van der Waals surface area contributed by atoms with Gasteiger partial charge < -0.3 is 9.47 Å². The Kier molecular flexibility index (Phi) is 5.32. The molecular weight excluding hydrogens is 216 g/mol. The molecule has 0 unspecified atom stereocenters. The van der Waals surface area contributed by atoms with E-state index in [9.17, 15) is 4.79 Å². The van der Waals surface area contributed by atoms with Crippen molar-refractivity contribution in [2.24, 2.45) is 0 Å². The predicted octanol–water partition coefficient (Wildman–Crippen LogP) is 2.70. The number of ether oxygens (including phenoxy) is 2. The van der Waals surface area contributed by atoms with Crippen LogP contribution in [0.2, 0.25) is 0 Å². The van der Waals surface area contributed by atoms with Crippen LogP contribution in [0.3, 0.4) is 0 Å². The van der Waals surface area contributed by atoms with E-state index in [1.165, 1.54) is 0 Å². The molecule has 0 heterocycles. The highest BCUT2D eigenvalue weighted by atomic mass is 16.5. The number of hydrogen-bond acceptors (Lipinski definition) is 3. The molecule has 3 heteroatoms. The van der Waals surface area contributed by atoms with Crippen LogP contribution in [-0.4, -0.2) is 31.7 Å². The fourth-order valence-corrected chi connectivity index (χ4v) is 1.29. The van der Waals surface area contributed by atoms with Crippen LogP contribution in [0, 0.1) is 0 Å². The Bertz CT molecular complexity index is 344. The van der Waals surface area contributed by atoms with E-state index in [2.05, 4.69) is 0 Å². The van der Waals surface area contributed by atoms with E-state index in [1.54, 1.807) is 19.2 Å². The average molecular weight is 236 g/mol. The maximum Gasteiger partial charge on any atom is 0.188 e. The van der Waals surface area contributed by atoms with Crippen molar-refractivity contribution in [3.05, 3.63) is 35.9 Å².